The van der Waals surface area contributed by atoms with Crippen LogP contribution >= 0.6 is 15.9 Å². The van der Waals surface area contributed by atoms with Crippen LogP contribution in [0.3, 0.4) is 0 Å². The molecule has 0 atom stereocenters. The van der Waals surface area contributed by atoms with E-state index in [1.807, 2.05) is 79.7 Å². The van der Waals surface area contributed by atoms with Crippen LogP contribution in [0.25, 0.3) is 28.7 Å². The molecule has 0 saturated heterocycles. The van der Waals surface area contributed by atoms with Crippen molar-refractivity contribution >= 4 is 39.0 Å². The fourth-order valence-corrected chi connectivity index (χ4v) is 3.84. The lowest BCUT2D eigenvalue weighted by molar-refractivity contribution is 0.415. The molecular formula is C24H19BrN2O2. The van der Waals surface area contributed by atoms with Gasteiger partial charge < -0.3 is 4.74 Å². The Labute approximate surface area is 177 Å². The van der Waals surface area contributed by atoms with Crippen LogP contribution in [0.15, 0.2) is 76.0 Å². The molecule has 144 valence electrons. The second-order valence-corrected chi connectivity index (χ2v) is 7.54. The lowest BCUT2D eigenvalue weighted by Gasteiger charge is -2.13. The summed E-state index contributed by atoms with van der Waals surface area (Å²) in [7, 11) is 1.64. The molecule has 0 N–H and O–H groups in total. The Morgan fingerprint density at radius 1 is 1.00 bits per heavy atom. The number of aromatic nitrogens is 2. The minimum absolute atomic E-state index is 0.102. The predicted octanol–water partition coefficient (Wildman–Crippen LogP) is 5.64. The molecule has 3 aromatic carbocycles. The molecule has 0 radical (unpaired) electrons. The monoisotopic (exact) mass is 446 g/mol. The molecule has 0 spiro atoms. The van der Waals surface area contributed by atoms with E-state index in [1.165, 1.54) is 0 Å². The van der Waals surface area contributed by atoms with Gasteiger partial charge in [-0.05, 0) is 76.5 Å². The zero-order valence-corrected chi connectivity index (χ0v) is 17.7. The van der Waals surface area contributed by atoms with Gasteiger partial charge in [-0.3, -0.25) is 9.36 Å². The van der Waals surface area contributed by atoms with E-state index < -0.39 is 0 Å². The number of aryl methyl sites for hydroxylation is 1. The maximum atomic E-state index is 13.3. The predicted molar refractivity (Wildman–Crippen MR) is 122 cm³/mol. The molecule has 0 amide bonds. The highest BCUT2D eigenvalue weighted by Crippen LogP contribution is 2.24. The number of halogens is 1. The van der Waals surface area contributed by atoms with E-state index in [9.17, 15) is 4.79 Å². The van der Waals surface area contributed by atoms with Crippen LogP contribution in [0.2, 0.25) is 0 Å². The third-order valence-electron chi connectivity index (χ3n) is 4.69. The van der Waals surface area contributed by atoms with Gasteiger partial charge in [0.25, 0.3) is 5.56 Å². The summed E-state index contributed by atoms with van der Waals surface area (Å²) in [4.78, 5) is 18.1. The number of rotatable bonds is 4. The molecule has 4 aromatic rings. The summed E-state index contributed by atoms with van der Waals surface area (Å²) in [6.07, 6.45) is 3.80. The zero-order valence-electron chi connectivity index (χ0n) is 16.1. The van der Waals surface area contributed by atoms with Crippen molar-refractivity contribution in [1.29, 1.82) is 0 Å². The first-order chi connectivity index (χ1) is 14.1. The Hall–Kier alpha value is -3.18. The highest BCUT2D eigenvalue weighted by molar-refractivity contribution is 9.10. The maximum absolute atomic E-state index is 13.3. The zero-order chi connectivity index (χ0) is 20.4. The van der Waals surface area contributed by atoms with Gasteiger partial charge in [0.2, 0.25) is 0 Å². The van der Waals surface area contributed by atoms with E-state index in [1.54, 1.807) is 17.7 Å². The number of methoxy groups -OCH3 is 1. The molecule has 0 aliphatic heterocycles. The summed E-state index contributed by atoms with van der Waals surface area (Å²) >= 11 is 3.60. The lowest BCUT2D eigenvalue weighted by atomic mass is 10.2. The summed E-state index contributed by atoms with van der Waals surface area (Å²) in [5.41, 5.74) is 3.43. The van der Waals surface area contributed by atoms with E-state index in [4.69, 9.17) is 9.72 Å². The molecule has 0 unspecified atom stereocenters. The molecule has 29 heavy (non-hydrogen) atoms. The van der Waals surface area contributed by atoms with Gasteiger partial charge >= 0.3 is 0 Å². The smallest absolute Gasteiger partial charge is 0.266 e. The fraction of sp³-hybridized carbons (Fsp3) is 0.0833. The Kier molecular flexibility index (Phi) is 5.32. The van der Waals surface area contributed by atoms with Crippen LogP contribution in [0.1, 0.15) is 17.0 Å². The summed E-state index contributed by atoms with van der Waals surface area (Å²) in [5.74, 6) is 1.36. The Morgan fingerprint density at radius 3 is 2.48 bits per heavy atom. The Balaban J connectivity index is 1.91. The molecule has 0 bridgehead atoms. The average Bonchev–Trinajstić information content (AvgIpc) is 2.73. The third kappa shape index (κ3) is 3.87. The number of benzene rings is 3. The van der Waals surface area contributed by atoms with Crippen molar-refractivity contribution in [3.8, 4) is 11.4 Å². The van der Waals surface area contributed by atoms with Gasteiger partial charge in [0.05, 0.1) is 23.7 Å². The summed E-state index contributed by atoms with van der Waals surface area (Å²) in [6.45, 7) is 2.01. The van der Waals surface area contributed by atoms with Crippen molar-refractivity contribution in [1.82, 2.24) is 9.55 Å². The summed E-state index contributed by atoms with van der Waals surface area (Å²) in [5, 5.41) is 0.585. The number of hydrogen-bond donors (Lipinski definition) is 0. The van der Waals surface area contributed by atoms with Crippen LogP contribution in [-0.4, -0.2) is 16.7 Å². The number of ether oxygens (including phenoxy) is 1. The molecule has 0 aliphatic carbocycles. The third-order valence-corrected chi connectivity index (χ3v) is 5.32. The van der Waals surface area contributed by atoms with Crippen molar-refractivity contribution in [2.24, 2.45) is 0 Å². The van der Waals surface area contributed by atoms with E-state index in [-0.39, 0.29) is 5.56 Å². The second-order valence-electron chi connectivity index (χ2n) is 6.69. The van der Waals surface area contributed by atoms with Crippen LogP contribution < -0.4 is 10.3 Å². The Morgan fingerprint density at radius 2 is 1.76 bits per heavy atom. The highest BCUT2D eigenvalue weighted by atomic mass is 79.9. The number of fused-ring (bicyclic) bond motifs is 1. The van der Waals surface area contributed by atoms with Gasteiger partial charge in [0.15, 0.2) is 0 Å². The van der Waals surface area contributed by atoms with Gasteiger partial charge in [0, 0.05) is 4.47 Å². The topological polar surface area (TPSA) is 44.1 Å². The number of nitrogens with zero attached hydrogens (tertiary/aromatic N) is 2. The van der Waals surface area contributed by atoms with Gasteiger partial charge in [-0.25, -0.2) is 4.98 Å². The maximum Gasteiger partial charge on any atom is 0.266 e. The molecule has 4 rings (SSSR count). The number of para-hydroxylation sites is 1. The van der Waals surface area contributed by atoms with Crippen molar-refractivity contribution < 1.29 is 4.74 Å². The molecular weight excluding hydrogens is 428 g/mol. The average molecular weight is 447 g/mol. The van der Waals surface area contributed by atoms with E-state index >= 15 is 0 Å². The minimum atomic E-state index is -0.102. The second kappa shape index (κ2) is 8.05. The van der Waals surface area contributed by atoms with E-state index in [2.05, 4.69) is 15.9 Å². The fourth-order valence-electron chi connectivity index (χ4n) is 3.17. The van der Waals surface area contributed by atoms with E-state index in [0.717, 1.165) is 27.0 Å². The van der Waals surface area contributed by atoms with Gasteiger partial charge in [0.1, 0.15) is 11.6 Å². The first-order valence-corrected chi connectivity index (χ1v) is 9.96. The normalized spacial score (nSPS) is 11.3. The van der Waals surface area contributed by atoms with Crippen molar-refractivity contribution in [2.75, 3.05) is 7.11 Å². The van der Waals surface area contributed by atoms with Crippen molar-refractivity contribution in [3.63, 3.8) is 0 Å². The standard InChI is InChI=1S/C24H19BrN2O2/c1-16-7-13-22(20(25)15-16)27-23(14-10-17-8-11-18(29-2)12-9-17)26-21-6-4-3-5-19(21)24(27)28/h3-15H,1-2H3/b14-10+. The molecule has 1 heterocycles. The van der Waals surface area contributed by atoms with Gasteiger partial charge in [-0.15, -0.1) is 0 Å². The molecule has 0 aliphatic rings. The summed E-state index contributed by atoms with van der Waals surface area (Å²) < 4.78 is 7.70. The highest BCUT2D eigenvalue weighted by Gasteiger charge is 2.13. The van der Waals surface area contributed by atoms with Crippen LogP contribution in [-0.2, 0) is 0 Å². The molecule has 1 aromatic heterocycles. The van der Waals surface area contributed by atoms with Crippen molar-refractivity contribution in [3.05, 3.63) is 98.5 Å². The van der Waals surface area contributed by atoms with Gasteiger partial charge in [-0.2, -0.15) is 0 Å². The summed E-state index contributed by atoms with van der Waals surface area (Å²) in [6, 6.07) is 21.0. The molecule has 0 saturated carbocycles. The Bertz CT molecular complexity index is 1270. The first kappa shape index (κ1) is 19.2. The largest absolute Gasteiger partial charge is 0.497 e. The molecule has 5 heteroatoms. The van der Waals surface area contributed by atoms with Crippen LogP contribution in [0.5, 0.6) is 5.75 Å². The molecule has 4 nitrogen and oxygen atoms in total. The SMILES string of the molecule is COc1ccc(/C=C/c2nc3ccccc3c(=O)n2-c2ccc(C)cc2Br)cc1. The first-order valence-electron chi connectivity index (χ1n) is 9.17. The quantitative estimate of drug-likeness (QED) is 0.407. The van der Waals surface area contributed by atoms with Crippen LogP contribution in [0, 0.1) is 6.92 Å². The minimum Gasteiger partial charge on any atom is -0.497 e. The van der Waals surface area contributed by atoms with Crippen molar-refractivity contribution in [2.45, 2.75) is 6.92 Å². The lowest BCUT2D eigenvalue weighted by Crippen LogP contribution is -2.22. The van der Waals surface area contributed by atoms with Crippen LogP contribution in [0.4, 0.5) is 0 Å². The van der Waals surface area contributed by atoms with Gasteiger partial charge in [-0.1, -0.05) is 36.4 Å². The number of hydrogen-bond acceptors (Lipinski definition) is 3. The molecule has 0 fully saturated rings. The van der Waals surface area contributed by atoms with E-state index in [0.29, 0.717) is 16.7 Å².